The molecule has 1 N–H and O–H groups in total. The van der Waals surface area contributed by atoms with Crippen molar-refractivity contribution in [1.29, 1.82) is 0 Å². The number of aliphatic hydroxyl groups excluding tert-OH is 1. The number of hydrogen-bond acceptors (Lipinski definition) is 2. The van der Waals surface area contributed by atoms with E-state index < -0.39 is 0 Å². The Kier molecular flexibility index (Phi) is 3.87. The van der Waals surface area contributed by atoms with Gasteiger partial charge in [-0.2, -0.15) is 0 Å². The third kappa shape index (κ3) is 2.91. The Labute approximate surface area is 122 Å². The molecule has 0 spiro atoms. The van der Waals surface area contributed by atoms with Gasteiger partial charge in [-0.05, 0) is 49.1 Å². The van der Waals surface area contributed by atoms with Gasteiger partial charge < -0.3 is 5.11 Å². The summed E-state index contributed by atoms with van der Waals surface area (Å²) in [4.78, 5) is 2.54. The third-order valence-electron chi connectivity index (χ3n) is 5.28. The van der Waals surface area contributed by atoms with E-state index in [4.69, 9.17) is 0 Å². The van der Waals surface area contributed by atoms with Gasteiger partial charge in [0.05, 0.1) is 6.10 Å². The van der Waals surface area contributed by atoms with Gasteiger partial charge in [-0.1, -0.05) is 44.2 Å². The van der Waals surface area contributed by atoms with E-state index in [1.807, 2.05) is 0 Å². The van der Waals surface area contributed by atoms with Gasteiger partial charge in [0.2, 0.25) is 0 Å². The molecule has 2 heteroatoms. The highest BCUT2D eigenvalue weighted by molar-refractivity contribution is 5.21. The van der Waals surface area contributed by atoms with E-state index >= 15 is 0 Å². The molecule has 110 valence electrons. The average molecular weight is 273 g/mol. The predicted molar refractivity (Wildman–Crippen MR) is 82.8 cm³/mol. The normalized spacial score (nSPS) is 34.2. The van der Waals surface area contributed by atoms with Crippen molar-refractivity contribution >= 4 is 0 Å². The molecule has 1 aliphatic carbocycles. The fourth-order valence-electron chi connectivity index (χ4n) is 3.99. The molecule has 1 aromatic carbocycles. The summed E-state index contributed by atoms with van der Waals surface area (Å²) in [5.74, 6) is 0.647. The highest BCUT2D eigenvalue weighted by Crippen LogP contribution is 2.40. The first kappa shape index (κ1) is 14.1. The summed E-state index contributed by atoms with van der Waals surface area (Å²) in [5, 5.41) is 10.4. The van der Waals surface area contributed by atoms with Crippen molar-refractivity contribution < 1.29 is 5.11 Å². The van der Waals surface area contributed by atoms with Crippen molar-refractivity contribution in [2.24, 2.45) is 5.41 Å². The van der Waals surface area contributed by atoms with Crippen LogP contribution in [-0.4, -0.2) is 35.2 Å². The molecule has 0 amide bonds. The van der Waals surface area contributed by atoms with Crippen LogP contribution >= 0.6 is 0 Å². The van der Waals surface area contributed by atoms with Crippen molar-refractivity contribution in [2.45, 2.75) is 57.6 Å². The first-order valence-corrected chi connectivity index (χ1v) is 8.02. The van der Waals surface area contributed by atoms with Crippen molar-refractivity contribution in [3.05, 3.63) is 35.9 Å². The van der Waals surface area contributed by atoms with Crippen LogP contribution in [0.4, 0.5) is 0 Å². The zero-order valence-electron chi connectivity index (χ0n) is 12.8. The van der Waals surface area contributed by atoms with Gasteiger partial charge in [0.25, 0.3) is 0 Å². The summed E-state index contributed by atoms with van der Waals surface area (Å²) in [5.41, 5.74) is 1.84. The zero-order valence-corrected chi connectivity index (χ0v) is 12.8. The second-order valence-electron chi connectivity index (χ2n) is 7.43. The maximum Gasteiger partial charge on any atom is 0.0695 e. The van der Waals surface area contributed by atoms with Crippen LogP contribution in [0.1, 0.15) is 51.0 Å². The van der Waals surface area contributed by atoms with E-state index in [2.05, 4.69) is 49.1 Å². The maximum absolute atomic E-state index is 10.4. The molecule has 3 unspecified atom stereocenters. The monoisotopic (exact) mass is 273 g/mol. The quantitative estimate of drug-likeness (QED) is 0.892. The summed E-state index contributed by atoms with van der Waals surface area (Å²) in [6, 6.07) is 11.2. The smallest absolute Gasteiger partial charge is 0.0695 e. The molecule has 1 heterocycles. The second kappa shape index (κ2) is 5.50. The van der Waals surface area contributed by atoms with Crippen LogP contribution in [0.25, 0.3) is 0 Å². The summed E-state index contributed by atoms with van der Waals surface area (Å²) >= 11 is 0. The van der Waals surface area contributed by atoms with Gasteiger partial charge in [0.15, 0.2) is 0 Å². The molecular formula is C18H27NO. The topological polar surface area (TPSA) is 23.5 Å². The number of likely N-dealkylation sites (tertiary alicyclic amines) is 1. The Hall–Kier alpha value is -0.860. The number of hydrogen-bond donors (Lipinski definition) is 1. The molecule has 3 atom stereocenters. The van der Waals surface area contributed by atoms with Crippen LogP contribution in [0.2, 0.25) is 0 Å². The van der Waals surface area contributed by atoms with E-state index in [-0.39, 0.29) is 6.10 Å². The van der Waals surface area contributed by atoms with E-state index in [1.54, 1.807) is 0 Å². The molecule has 1 saturated heterocycles. The Morgan fingerprint density at radius 2 is 1.90 bits per heavy atom. The van der Waals surface area contributed by atoms with Crippen LogP contribution in [-0.2, 0) is 0 Å². The summed E-state index contributed by atoms with van der Waals surface area (Å²) < 4.78 is 0. The van der Waals surface area contributed by atoms with Crippen molar-refractivity contribution in [2.75, 3.05) is 13.1 Å². The Balaban J connectivity index is 1.67. The van der Waals surface area contributed by atoms with Crippen molar-refractivity contribution in [3.63, 3.8) is 0 Å². The fourth-order valence-corrected chi connectivity index (χ4v) is 3.99. The molecule has 0 bridgehead atoms. The average Bonchev–Trinajstić information content (AvgIpc) is 2.92. The number of rotatable bonds is 2. The minimum atomic E-state index is -0.127. The molecule has 3 rings (SSSR count). The van der Waals surface area contributed by atoms with Gasteiger partial charge in [-0.15, -0.1) is 0 Å². The molecule has 2 fully saturated rings. The van der Waals surface area contributed by atoms with E-state index in [0.29, 0.717) is 17.4 Å². The van der Waals surface area contributed by atoms with Gasteiger partial charge >= 0.3 is 0 Å². The van der Waals surface area contributed by atoms with Crippen LogP contribution in [0.5, 0.6) is 0 Å². The Morgan fingerprint density at radius 1 is 1.15 bits per heavy atom. The minimum absolute atomic E-state index is 0.127. The predicted octanol–water partition coefficient (Wildman–Crippen LogP) is 3.42. The maximum atomic E-state index is 10.4. The van der Waals surface area contributed by atoms with Crippen molar-refractivity contribution in [3.8, 4) is 0 Å². The highest BCUT2D eigenvalue weighted by atomic mass is 16.3. The lowest BCUT2D eigenvalue weighted by Crippen LogP contribution is -2.48. The Bertz CT molecular complexity index is 442. The molecule has 1 saturated carbocycles. The van der Waals surface area contributed by atoms with Gasteiger partial charge in [-0.3, -0.25) is 4.90 Å². The summed E-state index contributed by atoms with van der Waals surface area (Å²) in [6.45, 7) is 6.94. The molecule has 1 aromatic rings. The van der Waals surface area contributed by atoms with Crippen LogP contribution in [0.15, 0.2) is 30.3 Å². The first-order valence-electron chi connectivity index (χ1n) is 8.02. The molecule has 20 heavy (non-hydrogen) atoms. The van der Waals surface area contributed by atoms with Gasteiger partial charge in [0.1, 0.15) is 0 Å². The second-order valence-corrected chi connectivity index (χ2v) is 7.43. The molecule has 2 aliphatic rings. The zero-order chi connectivity index (χ0) is 14.2. The fraction of sp³-hybridized carbons (Fsp3) is 0.667. The van der Waals surface area contributed by atoms with Crippen LogP contribution in [0, 0.1) is 5.41 Å². The van der Waals surface area contributed by atoms with Crippen LogP contribution < -0.4 is 0 Å². The van der Waals surface area contributed by atoms with Gasteiger partial charge in [0, 0.05) is 12.6 Å². The Morgan fingerprint density at radius 3 is 2.65 bits per heavy atom. The standard InChI is InChI=1S/C18H27NO/c1-18(2)10-8-17(20)16(12-18)19-11-9-15(13-19)14-6-4-3-5-7-14/h3-7,15-17,20H,8-13H2,1-2H3. The van der Waals surface area contributed by atoms with Crippen molar-refractivity contribution in [1.82, 2.24) is 4.90 Å². The lowest BCUT2D eigenvalue weighted by molar-refractivity contribution is -0.00871. The lowest BCUT2D eigenvalue weighted by atomic mass is 9.73. The molecule has 0 aromatic heterocycles. The first-order chi connectivity index (χ1) is 9.55. The van der Waals surface area contributed by atoms with Crippen LogP contribution in [0.3, 0.4) is 0 Å². The largest absolute Gasteiger partial charge is 0.391 e. The highest BCUT2D eigenvalue weighted by Gasteiger charge is 2.39. The molecule has 0 radical (unpaired) electrons. The molecular weight excluding hydrogens is 246 g/mol. The van der Waals surface area contributed by atoms with E-state index in [9.17, 15) is 5.11 Å². The number of benzene rings is 1. The lowest BCUT2D eigenvalue weighted by Gasteiger charge is -2.43. The summed E-state index contributed by atoms with van der Waals surface area (Å²) in [7, 11) is 0. The van der Waals surface area contributed by atoms with E-state index in [0.717, 1.165) is 32.4 Å². The van der Waals surface area contributed by atoms with E-state index in [1.165, 1.54) is 12.0 Å². The third-order valence-corrected chi connectivity index (χ3v) is 5.28. The minimum Gasteiger partial charge on any atom is -0.391 e. The number of aliphatic hydroxyl groups is 1. The van der Waals surface area contributed by atoms with Gasteiger partial charge in [-0.25, -0.2) is 0 Å². The number of nitrogens with zero attached hydrogens (tertiary/aromatic N) is 1. The summed E-state index contributed by atoms with van der Waals surface area (Å²) in [6.07, 6.45) is 4.35. The SMILES string of the molecule is CC1(C)CCC(O)C(N2CCC(c3ccccc3)C2)C1. The molecule has 1 aliphatic heterocycles. The molecule has 2 nitrogen and oxygen atoms in total.